The molecule has 0 bridgehead atoms. The average Bonchev–Trinajstić information content (AvgIpc) is 2.98. The maximum Gasteiger partial charge on any atom is 0.322 e. The number of anilines is 1. The van der Waals surface area contributed by atoms with Crippen LogP contribution in [0.3, 0.4) is 0 Å². The van der Waals surface area contributed by atoms with Gasteiger partial charge in [-0.1, -0.05) is 0 Å². The Morgan fingerprint density at radius 3 is 2.69 bits per heavy atom. The molecular formula is C21H28BrFN6O3. The maximum atomic E-state index is 13.4. The molecule has 0 saturated heterocycles. The van der Waals surface area contributed by atoms with Gasteiger partial charge in [0.15, 0.2) is 0 Å². The van der Waals surface area contributed by atoms with Gasteiger partial charge in [-0.15, -0.1) is 0 Å². The van der Waals surface area contributed by atoms with Crippen molar-refractivity contribution in [3.63, 3.8) is 0 Å². The largest absolute Gasteiger partial charge is 0.322 e. The van der Waals surface area contributed by atoms with E-state index < -0.39 is 5.82 Å². The first-order valence-corrected chi connectivity index (χ1v) is 11.0. The van der Waals surface area contributed by atoms with Crippen LogP contribution in [0.4, 0.5) is 14.9 Å². The Kier molecular flexibility index (Phi) is 7.52. The van der Waals surface area contributed by atoms with E-state index in [-0.39, 0.29) is 29.0 Å². The smallest absolute Gasteiger partial charge is 0.317 e. The summed E-state index contributed by atoms with van der Waals surface area (Å²) in [5, 5.41) is 8.56. The summed E-state index contributed by atoms with van der Waals surface area (Å²) in [5.74, 6) is -0.676. The number of aromatic nitrogens is 2. The highest BCUT2D eigenvalue weighted by Crippen LogP contribution is 2.29. The third-order valence-corrected chi connectivity index (χ3v) is 5.60. The monoisotopic (exact) mass is 510 g/mol. The van der Waals surface area contributed by atoms with Crippen LogP contribution in [-0.4, -0.2) is 77.4 Å². The lowest BCUT2D eigenvalue weighted by molar-refractivity contribution is -0.103. The molecule has 2 aliphatic rings. The molecule has 0 fully saturated rings. The minimum Gasteiger partial charge on any atom is -0.317 e. The highest BCUT2D eigenvalue weighted by Gasteiger charge is 2.35. The lowest BCUT2D eigenvalue weighted by Crippen LogP contribution is -2.45. The summed E-state index contributed by atoms with van der Waals surface area (Å²) in [5.41, 5.74) is 2.52. The number of carbonyl (C=O) groups is 2. The third kappa shape index (κ3) is 5.28. The second-order valence-electron chi connectivity index (χ2n) is 8.21. The molecule has 11 heteroatoms. The molecule has 0 spiro atoms. The molecule has 4 rings (SSSR count). The number of fused-ring (bicyclic) bond motifs is 3. The lowest BCUT2D eigenvalue weighted by atomic mass is 9.99. The molecule has 3 amide bonds. The Balaban J connectivity index is 0.000000668. The number of nitrogens with one attached hydrogen (secondary N) is 1. The summed E-state index contributed by atoms with van der Waals surface area (Å²) >= 11 is 3.12. The molecular weight excluding hydrogens is 483 g/mol. The molecule has 9 nitrogen and oxygen atoms in total. The number of hydroxylamine groups is 2. The summed E-state index contributed by atoms with van der Waals surface area (Å²) in [6, 6.07) is 3.88. The van der Waals surface area contributed by atoms with Crippen LogP contribution < -0.4 is 5.32 Å². The van der Waals surface area contributed by atoms with E-state index in [1.54, 1.807) is 16.6 Å². The van der Waals surface area contributed by atoms with Crippen LogP contribution in [0.25, 0.3) is 0 Å². The van der Waals surface area contributed by atoms with E-state index in [1.807, 2.05) is 33.0 Å². The molecule has 2 aromatic rings. The third-order valence-electron chi connectivity index (χ3n) is 4.99. The summed E-state index contributed by atoms with van der Waals surface area (Å²) in [7, 11) is 7.57. The average molecular weight is 511 g/mol. The molecule has 0 unspecified atom stereocenters. The van der Waals surface area contributed by atoms with Crippen LogP contribution in [0.1, 0.15) is 28.7 Å². The topological polar surface area (TPSA) is 82.9 Å². The van der Waals surface area contributed by atoms with Gasteiger partial charge in [-0.3, -0.25) is 14.3 Å². The van der Waals surface area contributed by atoms with Gasteiger partial charge < -0.3 is 15.1 Å². The summed E-state index contributed by atoms with van der Waals surface area (Å²) in [6.07, 6.45) is 0.549. The lowest BCUT2D eigenvalue weighted by Gasteiger charge is -2.33. The van der Waals surface area contributed by atoms with Crippen LogP contribution in [-0.2, 0) is 24.3 Å². The van der Waals surface area contributed by atoms with Gasteiger partial charge in [0, 0.05) is 30.8 Å². The number of benzene rings is 1. The van der Waals surface area contributed by atoms with Crippen LogP contribution in [0, 0.1) is 5.82 Å². The first-order chi connectivity index (χ1) is 15.1. The van der Waals surface area contributed by atoms with E-state index in [0.717, 1.165) is 11.3 Å². The van der Waals surface area contributed by atoms with Crippen LogP contribution in [0.2, 0.25) is 0 Å². The van der Waals surface area contributed by atoms with Crippen molar-refractivity contribution >= 4 is 33.6 Å². The normalized spacial score (nSPS) is 17.9. The maximum absolute atomic E-state index is 13.4. The number of carbonyl (C=O) groups excluding carboxylic acids is 2. The number of hydrogen-bond acceptors (Lipinski definition) is 5. The molecule has 1 aromatic carbocycles. The zero-order valence-corrected chi connectivity index (χ0v) is 20.4. The first-order valence-electron chi connectivity index (χ1n) is 10.2. The number of hydrogen-bond donors (Lipinski definition) is 1. The second kappa shape index (κ2) is 9.97. The number of rotatable bonds is 1. The van der Waals surface area contributed by atoms with Gasteiger partial charge in [-0.2, -0.15) is 5.10 Å². The minimum absolute atomic E-state index is 0.0976. The van der Waals surface area contributed by atoms with Gasteiger partial charge in [-0.25, -0.2) is 14.2 Å². The Hall–Kier alpha value is -2.50. The van der Waals surface area contributed by atoms with Crippen LogP contribution in [0.15, 0.2) is 22.7 Å². The zero-order valence-electron chi connectivity index (χ0n) is 18.9. The van der Waals surface area contributed by atoms with Crippen LogP contribution >= 0.6 is 15.9 Å². The molecule has 0 aliphatic carbocycles. The van der Waals surface area contributed by atoms with E-state index in [0.29, 0.717) is 31.0 Å². The fourth-order valence-electron chi connectivity index (χ4n) is 3.51. The fraction of sp³-hybridized carbons (Fsp3) is 0.476. The fourth-order valence-corrected chi connectivity index (χ4v) is 3.89. The van der Waals surface area contributed by atoms with Gasteiger partial charge in [0.25, 0.3) is 5.91 Å². The van der Waals surface area contributed by atoms with E-state index in [2.05, 4.69) is 26.3 Å². The predicted octanol–water partition coefficient (Wildman–Crippen LogP) is 2.96. The van der Waals surface area contributed by atoms with Crippen molar-refractivity contribution in [1.82, 2.24) is 24.6 Å². The van der Waals surface area contributed by atoms with E-state index >= 15 is 0 Å². The molecule has 0 saturated carbocycles. The van der Waals surface area contributed by atoms with Gasteiger partial charge in [0.1, 0.15) is 11.5 Å². The van der Waals surface area contributed by atoms with E-state index in [1.165, 1.54) is 23.3 Å². The molecule has 1 atom stereocenters. The summed E-state index contributed by atoms with van der Waals surface area (Å²) in [4.78, 5) is 34.5. The zero-order chi connectivity index (χ0) is 23.6. The summed E-state index contributed by atoms with van der Waals surface area (Å²) < 4.78 is 15.4. The molecule has 1 aromatic heterocycles. The van der Waals surface area contributed by atoms with E-state index in [9.17, 15) is 14.0 Å². The highest BCUT2D eigenvalue weighted by molar-refractivity contribution is 9.10. The molecule has 2 aliphatic heterocycles. The Morgan fingerprint density at radius 1 is 1.34 bits per heavy atom. The number of amides is 3. The van der Waals surface area contributed by atoms with E-state index in [4.69, 9.17) is 4.84 Å². The number of urea groups is 1. The van der Waals surface area contributed by atoms with Crippen molar-refractivity contribution < 1.29 is 18.8 Å². The first kappa shape index (κ1) is 24.1. The van der Waals surface area contributed by atoms with Gasteiger partial charge in [0.2, 0.25) is 0 Å². The highest BCUT2D eigenvalue weighted by atomic mass is 79.9. The van der Waals surface area contributed by atoms with Crippen molar-refractivity contribution in [3.8, 4) is 0 Å². The minimum atomic E-state index is -0.401. The number of halogens is 2. The van der Waals surface area contributed by atoms with Gasteiger partial charge in [0.05, 0.1) is 29.9 Å². The van der Waals surface area contributed by atoms with Crippen molar-refractivity contribution in [2.24, 2.45) is 0 Å². The van der Waals surface area contributed by atoms with Crippen molar-refractivity contribution in [1.29, 1.82) is 0 Å². The Morgan fingerprint density at radius 2 is 2.03 bits per heavy atom. The molecule has 0 radical (unpaired) electrons. The van der Waals surface area contributed by atoms with Crippen molar-refractivity contribution in [2.45, 2.75) is 32.5 Å². The van der Waals surface area contributed by atoms with Gasteiger partial charge in [-0.05, 0) is 62.2 Å². The predicted molar refractivity (Wildman–Crippen MR) is 122 cm³/mol. The van der Waals surface area contributed by atoms with Crippen molar-refractivity contribution in [2.75, 3.05) is 40.1 Å². The molecule has 3 heterocycles. The Bertz CT molecular complexity index is 1010. The standard InChI is InChI=1S/C18H19BrFN5O3.C3H9N/c1-10-7-15-12(16-17(26)23(2)28-6-5-25(16)22-15)9-24(10)18(27)21-11-3-4-14(20)13(19)8-11;1-4(2)3/h3-4,8,10H,5-7,9H2,1-2H3,(H,21,27);1-3H3/t10-;/m1./s1. The molecule has 1 N–H and O–H groups in total. The quantitative estimate of drug-likeness (QED) is 0.637. The Labute approximate surface area is 195 Å². The van der Waals surface area contributed by atoms with Crippen LogP contribution in [0.5, 0.6) is 0 Å². The second-order valence-corrected chi connectivity index (χ2v) is 9.07. The molecule has 32 heavy (non-hydrogen) atoms. The SMILES string of the molecule is CN(C)C.C[C@@H]1Cc2nn3c(c2CN1C(=O)Nc1ccc(F)c(Br)c1)C(=O)N(C)OCC3. The van der Waals surface area contributed by atoms with Gasteiger partial charge >= 0.3 is 6.03 Å². The molecule has 174 valence electrons. The van der Waals surface area contributed by atoms with Crippen molar-refractivity contribution in [3.05, 3.63) is 45.4 Å². The summed E-state index contributed by atoms with van der Waals surface area (Å²) in [6.45, 7) is 3.03. The number of nitrogens with zero attached hydrogens (tertiary/aromatic N) is 5.